The third kappa shape index (κ3) is 4.10. The number of alkyl halides is 3. The molecule has 1 saturated heterocycles. The van der Waals surface area contributed by atoms with Gasteiger partial charge in [-0.2, -0.15) is 18.2 Å². The van der Waals surface area contributed by atoms with Gasteiger partial charge in [0.05, 0.1) is 12.0 Å². The van der Waals surface area contributed by atoms with Gasteiger partial charge in [0.15, 0.2) is 5.69 Å². The maximum atomic E-state index is 13.5. The highest BCUT2D eigenvalue weighted by Gasteiger charge is 2.46. The number of nitrogens with zero attached hydrogens (tertiary/aromatic N) is 3. The first kappa shape index (κ1) is 20.1. The van der Waals surface area contributed by atoms with Gasteiger partial charge in [-0.1, -0.05) is 18.9 Å². The van der Waals surface area contributed by atoms with E-state index in [-0.39, 0.29) is 11.9 Å². The number of rotatable bonds is 4. The van der Waals surface area contributed by atoms with Crippen molar-refractivity contribution in [3.05, 3.63) is 40.3 Å². The van der Waals surface area contributed by atoms with Crippen molar-refractivity contribution >= 4 is 17.2 Å². The molecular formula is C20H22F3N3O2S. The number of ether oxygens (including phenoxy) is 1. The van der Waals surface area contributed by atoms with Crippen LogP contribution in [0.1, 0.15) is 49.1 Å². The highest BCUT2D eigenvalue weighted by Crippen LogP contribution is 2.45. The molecule has 0 spiro atoms. The van der Waals surface area contributed by atoms with Crippen molar-refractivity contribution in [1.82, 2.24) is 14.9 Å². The molecule has 2 aromatic rings. The normalized spacial score (nSPS) is 21.9. The number of thiophene rings is 1. The summed E-state index contributed by atoms with van der Waals surface area (Å²) in [5.41, 5.74) is -1.50. The Kier molecular flexibility index (Phi) is 5.50. The third-order valence-electron chi connectivity index (χ3n) is 5.72. The molecule has 1 aliphatic heterocycles. The molecular weight excluding hydrogens is 403 g/mol. The lowest BCUT2D eigenvalue weighted by molar-refractivity contribution is -0.141. The number of amides is 1. The first-order valence-corrected chi connectivity index (χ1v) is 10.7. The van der Waals surface area contributed by atoms with E-state index < -0.39 is 23.4 Å². The highest BCUT2D eigenvalue weighted by atomic mass is 32.1. The average molecular weight is 425 g/mol. The molecule has 0 bridgehead atoms. The summed E-state index contributed by atoms with van der Waals surface area (Å²) in [6, 6.07) is 4.52. The average Bonchev–Trinajstić information content (AvgIpc) is 3.40. The molecule has 9 heteroatoms. The van der Waals surface area contributed by atoms with Gasteiger partial charge in [0.25, 0.3) is 0 Å². The van der Waals surface area contributed by atoms with Gasteiger partial charge in [-0.05, 0) is 43.2 Å². The number of carbonyl (C=O) groups is 1. The SMILES string of the molecule is O=C(N1CCCC(Oc2nccc(C(F)(F)F)n2)C1)C1(c2cccs2)CCCC1. The molecule has 1 saturated carbocycles. The molecule has 2 fully saturated rings. The summed E-state index contributed by atoms with van der Waals surface area (Å²) in [5.74, 6) is 0.107. The van der Waals surface area contributed by atoms with Crippen molar-refractivity contribution < 1.29 is 22.7 Å². The summed E-state index contributed by atoms with van der Waals surface area (Å²) in [7, 11) is 0. The van der Waals surface area contributed by atoms with Gasteiger partial charge < -0.3 is 9.64 Å². The van der Waals surface area contributed by atoms with Crippen LogP contribution in [0.25, 0.3) is 0 Å². The number of hydrogen-bond acceptors (Lipinski definition) is 5. The van der Waals surface area contributed by atoms with E-state index in [1.54, 1.807) is 11.3 Å². The Morgan fingerprint density at radius 1 is 1.24 bits per heavy atom. The maximum absolute atomic E-state index is 13.5. The quantitative estimate of drug-likeness (QED) is 0.727. The van der Waals surface area contributed by atoms with Crippen LogP contribution in [0.4, 0.5) is 13.2 Å². The van der Waals surface area contributed by atoms with E-state index in [2.05, 4.69) is 9.97 Å². The lowest BCUT2D eigenvalue weighted by Gasteiger charge is -2.38. The summed E-state index contributed by atoms with van der Waals surface area (Å²) in [4.78, 5) is 23.7. The molecule has 1 unspecified atom stereocenters. The predicted molar refractivity (Wildman–Crippen MR) is 102 cm³/mol. The molecule has 1 aliphatic carbocycles. The molecule has 0 N–H and O–H groups in total. The van der Waals surface area contributed by atoms with Gasteiger partial charge in [-0.3, -0.25) is 4.79 Å². The monoisotopic (exact) mass is 425 g/mol. The van der Waals surface area contributed by atoms with Gasteiger partial charge in [0, 0.05) is 17.6 Å². The van der Waals surface area contributed by atoms with Gasteiger partial charge >= 0.3 is 12.2 Å². The second kappa shape index (κ2) is 7.93. The number of likely N-dealkylation sites (tertiary alicyclic amines) is 1. The van der Waals surface area contributed by atoms with Crippen LogP contribution in [0.2, 0.25) is 0 Å². The lowest BCUT2D eigenvalue weighted by atomic mass is 9.82. The smallest absolute Gasteiger partial charge is 0.433 e. The number of halogens is 3. The van der Waals surface area contributed by atoms with E-state index in [1.807, 2.05) is 22.4 Å². The predicted octanol–water partition coefficient (Wildman–Crippen LogP) is 4.44. The first-order valence-electron chi connectivity index (χ1n) is 9.79. The topological polar surface area (TPSA) is 55.3 Å². The zero-order valence-electron chi connectivity index (χ0n) is 15.8. The second-order valence-electron chi connectivity index (χ2n) is 7.62. The van der Waals surface area contributed by atoms with Gasteiger partial charge in [-0.15, -0.1) is 11.3 Å². The first-order chi connectivity index (χ1) is 13.9. The Balaban J connectivity index is 1.48. The van der Waals surface area contributed by atoms with Crippen molar-refractivity contribution in [2.24, 2.45) is 0 Å². The van der Waals surface area contributed by atoms with Crippen molar-refractivity contribution in [3.8, 4) is 6.01 Å². The maximum Gasteiger partial charge on any atom is 0.433 e. The Hall–Kier alpha value is -2.16. The Morgan fingerprint density at radius 2 is 2.03 bits per heavy atom. The summed E-state index contributed by atoms with van der Waals surface area (Å²) in [6.07, 6.45) is 1.18. The second-order valence-corrected chi connectivity index (χ2v) is 8.57. The number of piperidine rings is 1. The van der Waals surface area contributed by atoms with E-state index in [0.717, 1.165) is 49.2 Å². The Labute approximate surface area is 170 Å². The minimum absolute atomic E-state index is 0.107. The van der Waals surface area contributed by atoms with Crippen molar-refractivity contribution in [2.75, 3.05) is 13.1 Å². The van der Waals surface area contributed by atoms with Crippen LogP contribution in [0.5, 0.6) is 6.01 Å². The number of hydrogen-bond donors (Lipinski definition) is 0. The van der Waals surface area contributed by atoms with Crippen LogP contribution in [-0.2, 0) is 16.4 Å². The van der Waals surface area contributed by atoms with Crippen LogP contribution in [0.3, 0.4) is 0 Å². The molecule has 29 heavy (non-hydrogen) atoms. The fraction of sp³-hybridized carbons (Fsp3) is 0.550. The highest BCUT2D eigenvalue weighted by molar-refractivity contribution is 7.10. The van der Waals surface area contributed by atoms with Crippen molar-refractivity contribution in [2.45, 2.75) is 56.2 Å². The van der Waals surface area contributed by atoms with E-state index >= 15 is 0 Å². The van der Waals surface area contributed by atoms with E-state index in [9.17, 15) is 18.0 Å². The Bertz CT molecular complexity index is 851. The van der Waals surface area contributed by atoms with E-state index in [1.165, 1.54) is 0 Å². The van der Waals surface area contributed by atoms with Crippen LogP contribution < -0.4 is 4.74 Å². The molecule has 2 aromatic heterocycles. The minimum Gasteiger partial charge on any atom is -0.458 e. The lowest BCUT2D eigenvalue weighted by Crippen LogP contribution is -2.51. The molecule has 1 amide bonds. The van der Waals surface area contributed by atoms with Gasteiger partial charge in [0.1, 0.15) is 6.10 Å². The minimum atomic E-state index is -4.55. The fourth-order valence-electron chi connectivity index (χ4n) is 4.32. The van der Waals surface area contributed by atoms with E-state index in [4.69, 9.17) is 4.74 Å². The standard InChI is InChI=1S/C20H22F3N3O2S/c21-20(22,23)15-7-10-24-18(25-15)28-14-5-3-11-26(13-14)17(27)19(8-1-2-9-19)16-6-4-12-29-16/h4,6-7,10,12,14H,1-3,5,8-9,11,13H2. The van der Waals surface area contributed by atoms with E-state index in [0.29, 0.717) is 19.5 Å². The zero-order valence-corrected chi connectivity index (χ0v) is 16.6. The zero-order chi connectivity index (χ0) is 20.5. The van der Waals surface area contributed by atoms with Crippen LogP contribution in [0.15, 0.2) is 29.8 Å². The molecule has 3 heterocycles. The third-order valence-corrected chi connectivity index (χ3v) is 6.79. The van der Waals surface area contributed by atoms with Gasteiger partial charge in [-0.25, -0.2) is 4.98 Å². The van der Waals surface area contributed by atoms with Crippen molar-refractivity contribution in [1.29, 1.82) is 0 Å². The Morgan fingerprint density at radius 3 is 2.72 bits per heavy atom. The van der Waals surface area contributed by atoms with Crippen molar-refractivity contribution in [3.63, 3.8) is 0 Å². The number of aromatic nitrogens is 2. The summed E-state index contributed by atoms with van der Waals surface area (Å²) in [5, 5.41) is 2.00. The summed E-state index contributed by atoms with van der Waals surface area (Å²) in [6.45, 7) is 0.973. The molecule has 1 atom stereocenters. The summed E-state index contributed by atoms with van der Waals surface area (Å²) >= 11 is 1.61. The molecule has 4 rings (SSSR count). The molecule has 2 aliphatic rings. The molecule has 0 radical (unpaired) electrons. The van der Waals surface area contributed by atoms with Crippen LogP contribution in [0, 0.1) is 0 Å². The number of carbonyl (C=O) groups excluding carboxylic acids is 1. The molecule has 5 nitrogen and oxygen atoms in total. The molecule has 156 valence electrons. The van der Waals surface area contributed by atoms with Crippen LogP contribution in [-0.4, -0.2) is 40.0 Å². The van der Waals surface area contributed by atoms with Gasteiger partial charge in [0.2, 0.25) is 5.91 Å². The molecule has 0 aromatic carbocycles. The largest absolute Gasteiger partial charge is 0.458 e. The van der Waals surface area contributed by atoms with Crippen LogP contribution >= 0.6 is 11.3 Å². The summed E-state index contributed by atoms with van der Waals surface area (Å²) < 4.78 is 44.2. The fourth-order valence-corrected chi connectivity index (χ4v) is 5.30.